The molecule has 2 aliphatic carbocycles. The van der Waals surface area contributed by atoms with Crippen LogP contribution in [0.2, 0.25) is 0 Å². The third kappa shape index (κ3) is 1.79. The van der Waals surface area contributed by atoms with E-state index in [4.69, 9.17) is 0 Å². The van der Waals surface area contributed by atoms with E-state index in [-0.39, 0.29) is 6.61 Å². The Morgan fingerprint density at radius 3 is 2.53 bits per heavy atom. The van der Waals surface area contributed by atoms with Crippen molar-refractivity contribution in [1.82, 2.24) is 14.8 Å². The molecule has 0 saturated heterocycles. The lowest BCUT2D eigenvalue weighted by Crippen LogP contribution is -2.07. The molecule has 1 aromatic heterocycles. The van der Waals surface area contributed by atoms with Crippen LogP contribution in [-0.4, -0.2) is 19.9 Å². The van der Waals surface area contributed by atoms with Gasteiger partial charge in [-0.1, -0.05) is 19.8 Å². The zero-order chi connectivity index (χ0) is 11.8. The summed E-state index contributed by atoms with van der Waals surface area (Å²) < 4.78 is 2.16. The molecular formula is C13H21N3O. The summed E-state index contributed by atoms with van der Waals surface area (Å²) in [5, 5.41) is 17.8. The molecule has 2 fully saturated rings. The second-order valence-corrected chi connectivity index (χ2v) is 5.42. The Balaban J connectivity index is 1.85. The highest BCUT2D eigenvalue weighted by Crippen LogP contribution is 2.60. The molecule has 2 unspecified atom stereocenters. The molecule has 0 bridgehead atoms. The van der Waals surface area contributed by atoms with Gasteiger partial charge in [0.2, 0.25) is 0 Å². The summed E-state index contributed by atoms with van der Waals surface area (Å²) in [5.41, 5.74) is 0. The van der Waals surface area contributed by atoms with Crippen LogP contribution in [0.4, 0.5) is 0 Å². The standard InChI is InChI=1S/C13H21N3O/c1-2-7-16-11(8-17)14-15-13(16)12-9-5-3-4-6-10(9)12/h9-10,12,17H,2-8H2,1H3. The monoisotopic (exact) mass is 235 g/mol. The summed E-state index contributed by atoms with van der Waals surface area (Å²) in [7, 11) is 0. The van der Waals surface area contributed by atoms with Crippen LogP contribution in [0, 0.1) is 11.8 Å². The Bertz CT molecular complexity index is 389. The molecule has 1 aromatic rings. The summed E-state index contributed by atoms with van der Waals surface area (Å²) in [5.74, 6) is 4.24. The smallest absolute Gasteiger partial charge is 0.158 e. The summed E-state index contributed by atoms with van der Waals surface area (Å²) in [6.07, 6.45) is 6.56. The fraction of sp³-hybridized carbons (Fsp3) is 0.846. The van der Waals surface area contributed by atoms with Gasteiger partial charge in [0.05, 0.1) is 0 Å². The Morgan fingerprint density at radius 2 is 1.94 bits per heavy atom. The number of fused-ring (bicyclic) bond motifs is 1. The van der Waals surface area contributed by atoms with Crippen LogP contribution in [0.1, 0.15) is 56.6 Å². The van der Waals surface area contributed by atoms with Crippen molar-refractivity contribution in [2.45, 2.75) is 58.1 Å². The van der Waals surface area contributed by atoms with Gasteiger partial charge in [-0.15, -0.1) is 10.2 Å². The second kappa shape index (κ2) is 4.41. The van der Waals surface area contributed by atoms with Crippen LogP contribution in [0.5, 0.6) is 0 Å². The van der Waals surface area contributed by atoms with Gasteiger partial charge < -0.3 is 9.67 Å². The van der Waals surface area contributed by atoms with Crippen LogP contribution in [0.15, 0.2) is 0 Å². The molecule has 2 atom stereocenters. The third-order valence-electron chi connectivity index (χ3n) is 4.40. The molecule has 94 valence electrons. The molecule has 17 heavy (non-hydrogen) atoms. The quantitative estimate of drug-likeness (QED) is 0.869. The zero-order valence-electron chi connectivity index (χ0n) is 10.5. The zero-order valence-corrected chi connectivity index (χ0v) is 10.5. The Morgan fingerprint density at radius 1 is 1.24 bits per heavy atom. The first-order valence-electron chi connectivity index (χ1n) is 6.89. The van der Waals surface area contributed by atoms with Crippen molar-refractivity contribution in [2.75, 3.05) is 0 Å². The summed E-state index contributed by atoms with van der Waals surface area (Å²) in [6, 6.07) is 0. The van der Waals surface area contributed by atoms with Crippen LogP contribution in [-0.2, 0) is 13.2 Å². The predicted octanol–water partition coefficient (Wildman–Crippen LogP) is 2.08. The maximum Gasteiger partial charge on any atom is 0.158 e. The van der Waals surface area contributed by atoms with Crippen LogP contribution in [0.25, 0.3) is 0 Å². The lowest BCUT2D eigenvalue weighted by atomic mass is 10.0. The molecule has 4 heteroatoms. The van der Waals surface area contributed by atoms with E-state index in [1.165, 1.54) is 25.7 Å². The molecule has 0 radical (unpaired) electrons. The van der Waals surface area contributed by atoms with Gasteiger partial charge in [-0.2, -0.15) is 0 Å². The molecule has 0 amide bonds. The third-order valence-corrected chi connectivity index (χ3v) is 4.40. The van der Waals surface area contributed by atoms with Crippen molar-refractivity contribution < 1.29 is 5.11 Å². The van der Waals surface area contributed by atoms with E-state index in [1.807, 2.05) is 0 Å². The minimum absolute atomic E-state index is 0.00898. The van der Waals surface area contributed by atoms with Gasteiger partial charge in [-0.25, -0.2) is 0 Å². The molecule has 2 saturated carbocycles. The van der Waals surface area contributed by atoms with E-state index >= 15 is 0 Å². The van der Waals surface area contributed by atoms with Crippen molar-refractivity contribution in [1.29, 1.82) is 0 Å². The average molecular weight is 235 g/mol. The number of rotatable bonds is 4. The van der Waals surface area contributed by atoms with Crippen molar-refractivity contribution >= 4 is 0 Å². The molecule has 0 spiro atoms. The van der Waals surface area contributed by atoms with Crippen LogP contribution in [0.3, 0.4) is 0 Å². The van der Waals surface area contributed by atoms with E-state index < -0.39 is 0 Å². The number of hydrogen-bond donors (Lipinski definition) is 1. The summed E-state index contributed by atoms with van der Waals surface area (Å²) in [6.45, 7) is 3.11. The minimum Gasteiger partial charge on any atom is -0.388 e. The number of aromatic nitrogens is 3. The molecule has 0 aliphatic heterocycles. The highest BCUT2D eigenvalue weighted by Gasteiger charge is 2.53. The van der Waals surface area contributed by atoms with E-state index in [1.54, 1.807) is 0 Å². The Labute approximate surface area is 102 Å². The van der Waals surface area contributed by atoms with Gasteiger partial charge in [0.15, 0.2) is 5.82 Å². The first-order chi connectivity index (χ1) is 8.36. The fourth-order valence-corrected chi connectivity index (χ4v) is 3.56. The van der Waals surface area contributed by atoms with Gasteiger partial charge >= 0.3 is 0 Å². The van der Waals surface area contributed by atoms with E-state index in [0.29, 0.717) is 5.92 Å². The van der Waals surface area contributed by atoms with Crippen molar-refractivity contribution in [3.8, 4) is 0 Å². The number of hydrogen-bond acceptors (Lipinski definition) is 3. The van der Waals surface area contributed by atoms with E-state index in [0.717, 1.165) is 36.5 Å². The van der Waals surface area contributed by atoms with Crippen molar-refractivity contribution in [3.05, 3.63) is 11.6 Å². The molecular weight excluding hydrogens is 214 g/mol. The van der Waals surface area contributed by atoms with E-state index in [9.17, 15) is 5.11 Å². The molecule has 2 aliphatic rings. The largest absolute Gasteiger partial charge is 0.388 e. The first-order valence-corrected chi connectivity index (χ1v) is 6.89. The van der Waals surface area contributed by atoms with Crippen molar-refractivity contribution in [3.63, 3.8) is 0 Å². The highest BCUT2D eigenvalue weighted by molar-refractivity contribution is 5.18. The predicted molar refractivity (Wildman–Crippen MR) is 64.4 cm³/mol. The molecule has 3 rings (SSSR count). The first kappa shape index (κ1) is 11.2. The number of aliphatic hydroxyl groups excluding tert-OH is 1. The number of nitrogens with zero attached hydrogens (tertiary/aromatic N) is 3. The lowest BCUT2D eigenvalue weighted by molar-refractivity contribution is 0.264. The van der Waals surface area contributed by atoms with Crippen LogP contribution < -0.4 is 0 Å². The van der Waals surface area contributed by atoms with Gasteiger partial charge in [-0.05, 0) is 31.1 Å². The highest BCUT2D eigenvalue weighted by atomic mass is 16.3. The Kier molecular flexibility index (Phi) is 2.90. The number of aliphatic hydroxyl groups is 1. The molecule has 0 aromatic carbocycles. The normalized spacial score (nSPS) is 31.3. The topological polar surface area (TPSA) is 50.9 Å². The SMILES string of the molecule is CCCn1c(CO)nnc1C1C2CCCCC21. The average Bonchev–Trinajstić information content (AvgIpc) is 2.96. The maximum absolute atomic E-state index is 9.30. The van der Waals surface area contributed by atoms with Crippen molar-refractivity contribution in [2.24, 2.45) is 11.8 Å². The van der Waals surface area contributed by atoms with Gasteiger partial charge in [0.25, 0.3) is 0 Å². The summed E-state index contributed by atoms with van der Waals surface area (Å²) in [4.78, 5) is 0. The lowest BCUT2D eigenvalue weighted by Gasteiger charge is -2.07. The van der Waals surface area contributed by atoms with Gasteiger partial charge in [-0.3, -0.25) is 0 Å². The second-order valence-electron chi connectivity index (χ2n) is 5.42. The van der Waals surface area contributed by atoms with Gasteiger partial charge in [0, 0.05) is 12.5 Å². The Hall–Kier alpha value is -0.900. The van der Waals surface area contributed by atoms with E-state index in [2.05, 4.69) is 21.7 Å². The maximum atomic E-state index is 9.30. The summed E-state index contributed by atoms with van der Waals surface area (Å²) >= 11 is 0. The fourth-order valence-electron chi connectivity index (χ4n) is 3.56. The van der Waals surface area contributed by atoms with Crippen LogP contribution >= 0.6 is 0 Å². The molecule has 4 nitrogen and oxygen atoms in total. The minimum atomic E-state index is 0.00898. The molecule has 1 N–H and O–H groups in total. The molecule has 1 heterocycles. The van der Waals surface area contributed by atoms with Gasteiger partial charge in [0.1, 0.15) is 12.4 Å².